The van der Waals surface area contributed by atoms with E-state index >= 15 is 0 Å². The molecule has 6 heteroatoms. The average Bonchev–Trinajstić information content (AvgIpc) is 3.16. The number of hydrogen-bond acceptors (Lipinski definition) is 5. The number of nitrogens with one attached hydrogen (secondary N) is 1. The Morgan fingerprint density at radius 2 is 0.981 bits per heavy atom. The Bertz CT molecular complexity index is 911. The van der Waals surface area contributed by atoms with Crippen molar-refractivity contribution < 1.29 is 24.5 Å². The van der Waals surface area contributed by atoms with Gasteiger partial charge >= 0.3 is 5.97 Å². The summed E-state index contributed by atoms with van der Waals surface area (Å²) in [5.41, 5.74) is 0. The van der Waals surface area contributed by atoms with E-state index in [0.717, 1.165) is 83.5 Å². The van der Waals surface area contributed by atoms with Crippen molar-refractivity contribution >= 4 is 11.9 Å². The topological polar surface area (TPSA) is 95.9 Å². The number of unbranched alkanes of at least 4 members (excludes halogenated alkanes) is 23. The van der Waals surface area contributed by atoms with E-state index in [2.05, 4.69) is 55.6 Å². The van der Waals surface area contributed by atoms with Gasteiger partial charge in [0.05, 0.1) is 25.4 Å². The van der Waals surface area contributed by atoms with Crippen LogP contribution in [0.5, 0.6) is 0 Å². The number of carbonyl (C=O) groups excluding carboxylic acids is 2. The van der Waals surface area contributed by atoms with Crippen molar-refractivity contribution in [2.75, 3.05) is 13.2 Å². The van der Waals surface area contributed by atoms with Gasteiger partial charge in [-0.2, -0.15) is 0 Å². The van der Waals surface area contributed by atoms with E-state index in [-0.39, 0.29) is 18.5 Å². The van der Waals surface area contributed by atoms with E-state index in [9.17, 15) is 19.8 Å². The Labute approximate surface area is 327 Å². The van der Waals surface area contributed by atoms with Crippen LogP contribution in [0, 0.1) is 0 Å². The Balaban J connectivity index is 3.62. The van der Waals surface area contributed by atoms with Crippen LogP contribution in [0.25, 0.3) is 0 Å². The van der Waals surface area contributed by atoms with Crippen LogP contribution in [0.15, 0.2) is 48.6 Å². The number of ether oxygens (including phenoxy) is 1. The zero-order chi connectivity index (χ0) is 38.7. The highest BCUT2D eigenvalue weighted by atomic mass is 16.5. The molecule has 0 saturated heterocycles. The van der Waals surface area contributed by atoms with Crippen LogP contribution in [0.1, 0.15) is 213 Å². The Morgan fingerprint density at radius 1 is 0.528 bits per heavy atom. The average molecular weight is 744 g/mol. The lowest BCUT2D eigenvalue weighted by molar-refractivity contribution is -0.143. The molecule has 0 aromatic rings. The molecule has 0 fully saturated rings. The first-order valence-electron chi connectivity index (χ1n) is 22.4. The molecule has 3 N–H and O–H groups in total. The summed E-state index contributed by atoms with van der Waals surface area (Å²) in [6, 6.07) is -0.666. The number of allylic oxidation sites excluding steroid dienone is 7. The summed E-state index contributed by atoms with van der Waals surface area (Å²) in [6.45, 7) is 4.73. The first-order valence-corrected chi connectivity index (χ1v) is 22.4. The van der Waals surface area contributed by atoms with Crippen molar-refractivity contribution in [3.05, 3.63) is 48.6 Å². The van der Waals surface area contributed by atoms with Gasteiger partial charge in [0.15, 0.2) is 0 Å². The molecule has 0 aromatic carbocycles. The predicted molar refractivity (Wildman–Crippen MR) is 227 cm³/mol. The van der Waals surface area contributed by atoms with Gasteiger partial charge in [-0.25, -0.2) is 0 Å². The summed E-state index contributed by atoms with van der Waals surface area (Å²) < 4.78 is 5.41. The number of aliphatic hydroxyl groups is 2. The molecule has 2 atom stereocenters. The van der Waals surface area contributed by atoms with Crippen molar-refractivity contribution in [1.82, 2.24) is 5.32 Å². The molecule has 0 aliphatic rings. The van der Waals surface area contributed by atoms with E-state index in [1.165, 1.54) is 103 Å². The third-order valence-corrected chi connectivity index (χ3v) is 9.81. The second-order valence-corrected chi connectivity index (χ2v) is 15.0. The van der Waals surface area contributed by atoms with Crippen LogP contribution >= 0.6 is 0 Å². The maximum Gasteiger partial charge on any atom is 0.305 e. The lowest BCUT2D eigenvalue weighted by Crippen LogP contribution is -2.45. The monoisotopic (exact) mass is 744 g/mol. The fourth-order valence-corrected chi connectivity index (χ4v) is 6.30. The van der Waals surface area contributed by atoms with E-state index in [1.54, 1.807) is 6.08 Å². The van der Waals surface area contributed by atoms with Gasteiger partial charge in [-0.1, -0.05) is 172 Å². The molecule has 6 nitrogen and oxygen atoms in total. The summed E-state index contributed by atoms with van der Waals surface area (Å²) in [7, 11) is 0. The number of esters is 1. The molecule has 0 aliphatic heterocycles. The third kappa shape index (κ3) is 39.3. The fourth-order valence-electron chi connectivity index (χ4n) is 6.30. The van der Waals surface area contributed by atoms with Crippen LogP contribution in [0.2, 0.25) is 0 Å². The quantitative estimate of drug-likeness (QED) is 0.0330. The second kappa shape index (κ2) is 42.6. The molecule has 2 unspecified atom stereocenters. The van der Waals surface area contributed by atoms with Gasteiger partial charge in [-0.05, 0) is 77.0 Å². The van der Waals surface area contributed by atoms with Crippen molar-refractivity contribution in [2.24, 2.45) is 0 Å². The summed E-state index contributed by atoms with van der Waals surface area (Å²) in [6.07, 6.45) is 51.0. The molecule has 0 aliphatic carbocycles. The van der Waals surface area contributed by atoms with E-state index < -0.39 is 12.1 Å². The van der Waals surface area contributed by atoms with Gasteiger partial charge < -0.3 is 20.3 Å². The maximum absolute atomic E-state index is 12.4. The predicted octanol–water partition coefficient (Wildman–Crippen LogP) is 12.7. The van der Waals surface area contributed by atoms with E-state index in [1.807, 2.05) is 6.08 Å². The molecule has 0 rings (SSSR count). The number of amides is 1. The van der Waals surface area contributed by atoms with Crippen LogP contribution in [0.4, 0.5) is 0 Å². The number of rotatable bonds is 40. The Kier molecular flexibility index (Phi) is 40.8. The van der Waals surface area contributed by atoms with Crippen LogP contribution in [-0.2, 0) is 14.3 Å². The minimum absolute atomic E-state index is 0.0542. The molecule has 53 heavy (non-hydrogen) atoms. The molecule has 0 bridgehead atoms. The van der Waals surface area contributed by atoms with Gasteiger partial charge in [0.1, 0.15) is 0 Å². The molecule has 0 radical (unpaired) electrons. The number of hydrogen-bond donors (Lipinski definition) is 3. The molecule has 0 heterocycles. The number of aliphatic hydroxyl groups excluding tert-OH is 2. The van der Waals surface area contributed by atoms with Crippen molar-refractivity contribution in [2.45, 2.75) is 225 Å². The van der Waals surface area contributed by atoms with Gasteiger partial charge in [-0.15, -0.1) is 0 Å². The first-order chi connectivity index (χ1) is 26.0. The van der Waals surface area contributed by atoms with Gasteiger partial charge in [0.25, 0.3) is 0 Å². The van der Waals surface area contributed by atoms with Crippen LogP contribution in [0.3, 0.4) is 0 Å². The minimum Gasteiger partial charge on any atom is -0.466 e. The normalized spacial score (nSPS) is 13.2. The van der Waals surface area contributed by atoms with Gasteiger partial charge in [-0.3, -0.25) is 9.59 Å². The molecule has 0 spiro atoms. The summed E-state index contributed by atoms with van der Waals surface area (Å²) >= 11 is 0. The largest absolute Gasteiger partial charge is 0.466 e. The van der Waals surface area contributed by atoms with Gasteiger partial charge in [0, 0.05) is 12.8 Å². The molecular formula is C47H85NO5. The highest BCUT2D eigenvalue weighted by molar-refractivity contribution is 5.76. The highest BCUT2D eigenvalue weighted by Gasteiger charge is 2.17. The minimum atomic E-state index is -0.876. The molecular weight excluding hydrogens is 659 g/mol. The summed E-state index contributed by atoms with van der Waals surface area (Å²) in [5, 5.41) is 22.9. The van der Waals surface area contributed by atoms with Crippen molar-refractivity contribution in [3.8, 4) is 0 Å². The van der Waals surface area contributed by atoms with Crippen molar-refractivity contribution in [3.63, 3.8) is 0 Å². The third-order valence-electron chi connectivity index (χ3n) is 9.81. The molecule has 1 amide bonds. The molecule has 0 saturated carbocycles. The van der Waals surface area contributed by atoms with Crippen LogP contribution in [-0.4, -0.2) is 47.4 Å². The van der Waals surface area contributed by atoms with Crippen LogP contribution < -0.4 is 5.32 Å². The fraction of sp³-hybridized carbons (Fsp3) is 0.787. The zero-order valence-electron chi connectivity index (χ0n) is 34.7. The Hall–Kier alpha value is -2.18. The molecule has 308 valence electrons. The highest BCUT2D eigenvalue weighted by Crippen LogP contribution is 2.13. The first kappa shape index (κ1) is 50.8. The molecule has 0 aromatic heterocycles. The van der Waals surface area contributed by atoms with Gasteiger partial charge in [0.2, 0.25) is 5.91 Å². The summed E-state index contributed by atoms with van der Waals surface area (Å²) in [5.74, 6) is -0.187. The lowest BCUT2D eigenvalue weighted by atomic mass is 10.0. The standard InChI is InChI=1S/C47H85NO5/c1-3-5-7-9-11-13-15-17-19-21-25-29-33-37-41-47(52)53-42-38-34-30-26-22-24-28-32-36-40-46(51)48-44(43-49)45(50)39-35-31-27-23-20-18-16-14-12-10-8-6-4-2/h9,11,15,17,24,28,35,39,44-45,49-50H,3-8,10,12-14,16,18-23,25-27,29-34,36-38,40-43H2,1-2H3,(H,48,51)/b11-9-,17-15-,28-24-,39-35+. The second-order valence-electron chi connectivity index (χ2n) is 15.0. The maximum atomic E-state index is 12.4. The van der Waals surface area contributed by atoms with E-state index in [4.69, 9.17) is 4.74 Å². The van der Waals surface area contributed by atoms with Crippen molar-refractivity contribution in [1.29, 1.82) is 0 Å². The summed E-state index contributed by atoms with van der Waals surface area (Å²) in [4.78, 5) is 24.3. The Morgan fingerprint density at radius 3 is 1.55 bits per heavy atom. The van der Waals surface area contributed by atoms with E-state index in [0.29, 0.717) is 19.4 Å². The lowest BCUT2D eigenvalue weighted by Gasteiger charge is -2.19. The SMILES string of the molecule is CCCC/C=C\C/C=C\CCCCCCCC(=O)OCCCCCC/C=C\CCCC(=O)NC(CO)C(O)/C=C/CCCCCCCCCCCCC. The smallest absolute Gasteiger partial charge is 0.305 e. The zero-order valence-corrected chi connectivity index (χ0v) is 34.7. The number of carbonyl (C=O) groups is 2.